The van der Waals surface area contributed by atoms with Crippen LogP contribution in [0.25, 0.3) is 11.1 Å². The molecular weight excluding hydrogens is 803 g/mol. The second-order valence-electron chi connectivity index (χ2n) is 19.1. The van der Waals surface area contributed by atoms with E-state index in [4.69, 9.17) is 0 Å². The summed E-state index contributed by atoms with van der Waals surface area (Å²) in [6, 6.07) is 30.0. The molecule has 4 aromatic carbocycles. The van der Waals surface area contributed by atoms with Gasteiger partial charge >= 0.3 is 0 Å². The summed E-state index contributed by atoms with van der Waals surface area (Å²) in [6.45, 7) is 4.85. The molecule has 0 radical (unpaired) electrons. The van der Waals surface area contributed by atoms with Gasteiger partial charge in [-0.25, -0.2) is 0 Å². The third-order valence-electron chi connectivity index (χ3n) is 15.4. The van der Waals surface area contributed by atoms with E-state index in [1.807, 2.05) is 22.8 Å². The number of hydrogen-bond acceptors (Lipinski definition) is 8. The predicted molar refractivity (Wildman–Crippen MR) is 241 cm³/mol. The van der Waals surface area contributed by atoms with E-state index in [0.717, 1.165) is 86.3 Å². The maximum absolute atomic E-state index is 13.7. The Labute approximate surface area is 373 Å². The quantitative estimate of drug-likeness (QED) is 0.182. The highest BCUT2D eigenvalue weighted by molar-refractivity contribution is 6.23. The number of rotatable bonds is 7. The number of carbonyl (C=O) groups is 5. The highest BCUT2D eigenvalue weighted by Crippen LogP contribution is 2.48. The molecule has 64 heavy (non-hydrogen) atoms. The lowest BCUT2D eigenvalue weighted by atomic mass is 9.69. The van der Waals surface area contributed by atoms with E-state index in [9.17, 15) is 24.0 Å². The van der Waals surface area contributed by atoms with Crippen LogP contribution >= 0.6 is 0 Å². The Balaban J connectivity index is 0.698. The van der Waals surface area contributed by atoms with Crippen molar-refractivity contribution >= 4 is 35.2 Å². The van der Waals surface area contributed by atoms with Crippen LogP contribution < -0.4 is 10.2 Å². The van der Waals surface area contributed by atoms with Crippen LogP contribution in [0.15, 0.2) is 97.3 Å². The van der Waals surface area contributed by atoms with Crippen LogP contribution in [0.5, 0.6) is 0 Å². The number of benzene rings is 4. The molecule has 326 valence electrons. The molecule has 1 aliphatic carbocycles. The van der Waals surface area contributed by atoms with Gasteiger partial charge in [-0.15, -0.1) is 0 Å². The summed E-state index contributed by atoms with van der Waals surface area (Å²) < 4.78 is 1.86. The fourth-order valence-electron chi connectivity index (χ4n) is 11.7. The molecule has 6 aliphatic rings. The number of likely N-dealkylation sites (tertiary alicyclic amines) is 1. The summed E-state index contributed by atoms with van der Waals surface area (Å²) in [5, 5.41) is 6.66. The zero-order chi connectivity index (χ0) is 43.7. The van der Waals surface area contributed by atoms with Gasteiger partial charge in [-0.1, -0.05) is 60.7 Å². The Hall–Kier alpha value is -6.40. The molecule has 1 spiro atoms. The number of aryl methyl sites for hydroxylation is 2. The summed E-state index contributed by atoms with van der Waals surface area (Å²) in [7, 11) is 1.97. The van der Waals surface area contributed by atoms with Crippen LogP contribution in [0.2, 0.25) is 0 Å². The topological polar surface area (TPSA) is 128 Å². The Morgan fingerprint density at radius 3 is 2.08 bits per heavy atom. The number of fused-ring (bicyclic) bond motifs is 3. The van der Waals surface area contributed by atoms with Crippen molar-refractivity contribution in [1.82, 2.24) is 29.8 Å². The first-order valence-electron chi connectivity index (χ1n) is 23.0. The van der Waals surface area contributed by atoms with Gasteiger partial charge in [-0.3, -0.25) is 43.8 Å². The maximum atomic E-state index is 13.7. The van der Waals surface area contributed by atoms with Crippen LogP contribution in [0.4, 0.5) is 5.69 Å². The number of carbonyl (C=O) groups excluding carboxylic acids is 5. The minimum atomic E-state index is -0.989. The largest absolute Gasteiger partial charge is 0.371 e. The number of amides is 5. The van der Waals surface area contributed by atoms with Gasteiger partial charge in [0.15, 0.2) is 0 Å². The summed E-state index contributed by atoms with van der Waals surface area (Å²) in [4.78, 5) is 72.2. The van der Waals surface area contributed by atoms with Gasteiger partial charge in [0.25, 0.3) is 11.8 Å². The number of piperidine rings is 3. The molecule has 3 saturated heterocycles. The molecule has 1 aromatic heterocycles. The van der Waals surface area contributed by atoms with Gasteiger partial charge in [-0.2, -0.15) is 5.10 Å². The predicted octanol–water partition coefficient (Wildman–Crippen LogP) is 6.58. The van der Waals surface area contributed by atoms with Crippen molar-refractivity contribution in [3.63, 3.8) is 0 Å². The Kier molecular flexibility index (Phi) is 10.1. The van der Waals surface area contributed by atoms with E-state index in [2.05, 4.69) is 99.2 Å². The van der Waals surface area contributed by atoms with Crippen LogP contribution in [-0.4, -0.2) is 92.8 Å². The number of hydrogen-bond donors (Lipinski definition) is 1. The molecule has 0 bridgehead atoms. The van der Waals surface area contributed by atoms with Crippen molar-refractivity contribution in [2.75, 3.05) is 37.6 Å². The summed E-state index contributed by atoms with van der Waals surface area (Å²) in [5.41, 5.74) is 11.9. The molecule has 11 rings (SSSR count). The van der Waals surface area contributed by atoms with E-state index in [1.54, 1.807) is 12.1 Å². The Morgan fingerprint density at radius 2 is 1.42 bits per heavy atom. The van der Waals surface area contributed by atoms with E-state index in [0.29, 0.717) is 19.0 Å². The Bertz CT molecular complexity index is 2650. The molecule has 5 aliphatic heterocycles. The third kappa shape index (κ3) is 7.21. The van der Waals surface area contributed by atoms with Gasteiger partial charge in [-0.05, 0) is 119 Å². The fourth-order valence-corrected chi connectivity index (χ4v) is 11.7. The molecule has 12 nitrogen and oxygen atoms in total. The molecular formula is C52H53N7O5. The van der Waals surface area contributed by atoms with Gasteiger partial charge in [0, 0.05) is 76.1 Å². The molecule has 1 unspecified atom stereocenters. The number of imide groups is 2. The van der Waals surface area contributed by atoms with Crippen molar-refractivity contribution < 1.29 is 24.0 Å². The van der Waals surface area contributed by atoms with Crippen LogP contribution in [-0.2, 0) is 40.9 Å². The molecule has 5 amide bonds. The molecule has 1 N–H and O–H groups in total. The van der Waals surface area contributed by atoms with E-state index >= 15 is 0 Å². The molecule has 12 heteroatoms. The second-order valence-corrected chi connectivity index (χ2v) is 19.1. The summed E-state index contributed by atoms with van der Waals surface area (Å²) in [5.74, 6) is -1.23. The van der Waals surface area contributed by atoms with E-state index < -0.39 is 29.7 Å². The maximum Gasteiger partial charge on any atom is 0.262 e. The van der Waals surface area contributed by atoms with Crippen molar-refractivity contribution in [1.29, 1.82) is 0 Å². The number of nitrogens with zero attached hydrogens (tertiary/aromatic N) is 6. The normalized spacial score (nSPS) is 23.0. The summed E-state index contributed by atoms with van der Waals surface area (Å²) in [6.07, 6.45) is 10.7. The summed E-state index contributed by atoms with van der Waals surface area (Å²) >= 11 is 0. The van der Waals surface area contributed by atoms with Crippen molar-refractivity contribution in [2.45, 2.75) is 82.3 Å². The Morgan fingerprint density at radius 1 is 0.734 bits per heavy atom. The number of nitrogens with one attached hydrogen (secondary N) is 1. The van der Waals surface area contributed by atoms with Gasteiger partial charge in [0.2, 0.25) is 17.7 Å². The van der Waals surface area contributed by atoms with E-state index in [1.165, 1.54) is 33.5 Å². The SMILES string of the molecule is Cn1cc(-c2ccc3c(c2)CC[C@H](c2ccccc2)[C@@H]3c2ccc(N3CCC4(CCN(C(=O)CN5Cc6cc7c(cc6C5)C(=O)N(C5CCC(=O)NC5=O)C7=O)CC4)CC3)cc2)cn1. The fraction of sp³-hybridized carbons (Fsp3) is 0.385. The van der Waals surface area contributed by atoms with Crippen LogP contribution in [0, 0.1) is 5.41 Å². The van der Waals surface area contributed by atoms with Crippen molar-refractivity contribution in [3.8, 4) is 11.1 Å². The molecule has 5 aromatic rings. The highest BCUT2D eigenvalue weighted by Gasteiger charge is 2.46. The standard InChI is InChI=1S/C52H53N7O5/c1-55-29-39(28-53-55)35-9-13-42-36(25-35)10-14-41(33-5-3-2-4-6-33)48(42)34-7-11-40(12-8-34)57-21-17-52(18-22-57)19-23-58(24-20-52)47(61)32-56-30-37-26-43-44(27-38(37)31-56)51(64)59(50(43)63)45-15-16-46(60)54-49(45)62/h2-9,11-13,25-29,41,45,48H,10,14-24,30-32H2,1H3,(H,54,60,62)/t41-,45?,48+/m1/s1. The first kappa shape index (κ1) is 40.4. The van der Waals surface area contributed by atoms with Gasteiger partial charge < -0.3 is 9.80 Å². The molecule has 3 fully saturated rings. The first-order valence-corrected chi connectivity index (χ1v) is 23.0. The van der Waals surface area contributed by atoms with Crippen molar-refractivity contribution in [2.24, 2.45) is 12.5 Å². The monoisotopic (exact) mass is 855 g/mol. The molecule has 6 heterocycles. The highest BCUT2D eigenvalue weighted by atomic mass is 16.2. The van der Waals surface area contributed by atoms with Crippen LogP contribution in [0.1, 0.15) is 111 Å². The van der Waals surface area contributed by atoms with E-state index in [-0.39, 0.29) is 47.8 Å². The number of anilines is 1. The average Bonchev–Trinajstić information content (AvgIpc) is 4.00. The minimum absolute atomic E-state index is 0.0824. The average molecular weight is 856 g/mol. The lowest BCUT2D eigenvalue weighted by Gasteiger charge is -2.47. The van der Waals surface area contributed by atoms with Gasteiger partial charge in [0.1, 0.15) is 6.04 Å². The minimum Gasteiger partial charge on any atom is -0.371 e. The lowest BCUT2D eigenvalue weighted by Crippen LogP contribution is -2.54. The zero-order valence-electron chi connectivity index (χ0n) is 36.3. The van der Waals surface area contributed by atoms with Gasteiger partial charge in [0.05, 0.1) is 23.9 Å². The molecule has 3 atom stereocenters. The number of aromatic nitrogens is 2. The first-order chi connectivity index (χ1) is 31.1. The third-order valence-corrected chi connectivity index (χ3v) is 15.4. The smallest absolute Gasteiger partial charge is 0.262 e. The van der Waals surface area contributed by atoms with Crippen molar-refractivity contribution in [3.05, 3.63) is 142 Å². The van der Waals surface area contributed by atoms with Crippen LogP contribution in [0.3, 0.4) is 0 Å². The molecule has 0 saturated carbocycles. The zero-order valence-corrected chi connectivity index (χ0v) is 36.3. The second kappa shape index (κ2) is 16.0. The lowest BCUT2D eigenvalue weighted by molar-refractivity contribution is -0.137.